The second-order valence-electron chi connectivity index (χ2n) is 4.64. The average molecular weight is 314 g/mol. The van der Waals surface area contributed by atoms with Crippen LogP contribution in [0.1, 0.15) is 16.1 Å². The van der Waals surface area contributed by atoms with Gasteiger partial charge in [-0.2, -0.15) is 0 Å². The van der Waals surface area contributed by atoms with Gasteiger partial charge in [-0.25, -0.2) is 9.50 Å². The summed E-state index contributed by atoms with van der Waals surface area (Å²) < 4.78 is 6.54. The maximum Gasteiger partial charge on any atom is 0.263 e. The Morgan fingerprint density at radius 2 is 2.30 bits per heavy atom. The van der Waals surface area contributed by atoms with Gasteiger partial charge < -0.3 is 20.9 Å². The van der Waals surface area contributed by atoms with Crippen molar-refractivity contribution in [3.63, 3.8) is 0 Å². The Morgan fingerprint density at radius 1 is 1.48 bits per heavy atom. The molecule has 3 rings (SSSR count). The van der Waals surface area contributed by atoms with Crippen LogP contribution in [0.2, 0.25) is 0 Å². The molecule has 23 heavy (non-hydrogen) atoms. The summed E-state index contributed by atoms with van der Waals surface area (Å²) in [5.74, 6) is 0.00624. The first-order chi connectivity index (χ1) is 11.1. The van der Waals surface area contributed by atoms with Gasteiger partial charge in [-0.3, -0.25) is 9.78 Å². The summed E-state index contributed by atoms with van der Waals surface area (Å²) in [6, 6.07) is 3.21. The third-order valence-corrected chi connectivity index (χ3v) is 3.21. The number of amides is 1. The van der Waals surface area contributed by atoms with E-state index in [4.69, 9.17) is 10.5 Å². The fourth-order valence-electron chi connectivity index (χ4n) is 2.13. The van der Waals surface area contributed by atoms with E-state index in [1.165, 1.54) is 17.8 Å². The number of nitrogen functional groups attached to an aromatic ring is 1. The maximum absolute atomic E-state index is 12.5. The molecule has 1 amide bonds. The first kappa shape index (κ1) is 14.7. The Bertz CT molecular complexity index is 876. The quantitative estimate of drug-likeness (QED) is 0.638. The van der Waals surface area contributed by atoms with Gasteiger partial charge in [-0.15, -0.1) is 5.10 Å². The lowest BCUT2D eigenvalue weighted by molar-refractivity contribution is 0.102. The standard InChI is InChI=1S/C14H14N6O3/c1-23-10-2-4-16-6-9(10)18-14(22)11-12(15)19-20-5-3-8(7-21)17-13(11)20/h2-6,21H,7H2,1H3,(H2,15,19)(H,18,22). The molecule has 0 spiro atoms. The number of carbonyl (C=O) groups excluding carboxylic acids is 1. The van der Waals surface area contributed by atoms with Crippen LogP contribution in [-0.4, -0.2) is 37.7 Å². The molecule has 0 bridgehead atoms. The van der Waals surface area contributed by atoms with Gasteiger partial charge >= 0.3 is 0 Å². The van der Waals surface area contributed by atoms with Crippen LogP contribution >= 0.6 is 0 Å². The van der Waals surface area contributed by atoms with Gasteiger partial charge in [0.15, 0.2) is 11.5 Å². The summed E-state index contributed by atoms with van der Waals surface area (Å²) in [6.07, 6.45) is 4.59. The number of nitrogens with two attached hydrogens (primary N) is 1. The number of carbonyl (C=O) groups is 1. The predicted molar refractivity (Wildman–Crippen MR) is 82.1 cm³/mol. The maximum atomic E-state index is 12.5. The number of aliphatic hydroxyl groups excluding tert-OH is 1. The summed E-state index contributed by atoms with van der Waals surface area (Å²) in [5, 5.41) is 15.9. The van der Waals surface area contributed by atoms with Crippen LogP contribution < -0.4 is 15.8 Å². The summed E-state index contributed by atoms with van der Waals surface area (Å²) in [6.45, 7) is -0.251. The van der Waals surface area contributed by atoms with Crippen molar-refractivity contribution in [2.24, 2.45) is 0 Å². The number of anilines is 2. The average Bonchev–Trinajstić information content (AvgIpc) is 2.90. The highest BCUT2D eigenvalue weighted by Crippen LogP contribution is 2.24. The van der Waals surface area contributed by atoms with Crippen molar-refractivity contribution in [1.29, 1.82) is 0 Å². The molecule has 0 fully saturated rings. The Morgan fingerprint density at radius 3 is 3.04 bits per heavy atom. The van der Waals surface area contributed by atoms with Crippen molar-refractivity contribution in [2.75, 3.05) is 18.2 Å². The van der Waals surface area contributed by atoms with Gasteiger partial charge in [0.1, 0.15) is 17.0 Å². The molecule has 0 atom stereocenters. The molecule has 0 saturated carbocycles. The molecule has 9 nitrogen and oxygen atoms in total. The normalized spacial score (nSPS) is 10.7. The van der Waals surface area contributed by atoms with E-state index in [0.29, 0.717) is 17.1 Å². The Kier molecular flexibility index (Phi) is 3.77. The summed E-state index contributed by atoms with van der Waals surface area (Å²) >= 11 is 0. The molecule has 0 unspecified atom stereocenters. The summed E-state index contributed by atoms with van der Waals surface area (Å²) in [7, 11) is 1.49. The van der Waals surface area contributed by atoms with Crippen LogP contribution in [-0.2, 0) is 6.61 Å². The van der Waals surface area contributed by atoms with Crippen LogP contribution in [0.3, 0.4) is 0 Å². The fraction of sp³-hybridized carbons (Fsp3) is 0.143. The first-order valence-electron chi connectivity index (χ1n) is 6.68. The number of aromatic nitrogens is 4. The van der Waals surface area contributed by atoms with Crippen LogP contribution in [0.4, 0.5) is 11.5 Å². The number of nitrogens with zero attached hydrogens (tertiary/aromatic N) is 4. The van der Waals surface area contributed by atoms with Gasteiger partial charge in [0.05, 0.1) is 25.6 Å². The highest BCUT2D eigenvalue weighted by molar-refractivity contribution is 6.11. The van der Waals surface area contributed by atoms with E-state index in [1.807, 2.05) is 0 Å². The molecule has 3 aromatic heterocycles. The Labute approximate surface area is 130 Å². The van der Waals surface area contributed by atoms with Crippen molar-refractivity contribution in [3.05, 3.63) is 42.0 Å². The highest BCUT2D eigenvalue weighted by atomic mass is 16.5. The van der Waals surface area contributed by atoms with E-state index >= 15 is 0 Å². The molecule has 0 aliphatic rings. The number of hydrogen-bond acceptors (Lipinski definition) is 7. The minimum atomic E-state index is -0.494. The van der Waals surface area contributed by atoms with E-state index in [9.17, 15) is 9.90 Å². The molecule has 9 heteroatoms. The number of nitrogens with one attached hydrogen (secondary N) is 1. The molecule has 0 radical (unpaired) electrons. The third-order valence-electron chi connectivity index (χ3n) is 3.21. The number of rotatable bonds is 4. The lowest BCUT2D eigenvalue weighted by Gasteiger charge is -2.08. The smallest absolute Gasteiger partial charge is 0.263 e. The van der Waals surface area contributed by atoms with E-state index < -0.39 is 5.91 Å². The molecule has 3 aromatic rings. The SMILES string of the molecule is COc1ccncc1NC(=O)c1c(N)nn2ccc(CO)nc12. The summed E-state index contributed by atoms with van der Waals surface area (Å²) in [5.41, 5.74) is 7.01. The number of aliphatic hydroxyl groups is 1. The number of ether oxygens (including phenoxy) is 1. The van der Waals surface area contributed by atoms with Crippen LogP contribution in [0.5, 0.6) is 5.75 Å². The second kappa shape index (κ2) is 5.89. The van der Waals surface area contributed by atoms with Gasteiger partial charge in [0.25, 0.3) is 5.91 Å². The third kappa shape index (κ3) is 2.64. The zero-order valence-corrected chi connectivity index (χ0v) is 12.2. The van der Waals surface area contributed by atoms with Crippen molar-refractivity contribution in [1.82, 2.24) is 19.6 Å². The van der Waals surface area contributed by atoms with Crippen LogP contribution in [0.15, 0.2) is 30.7 Å². The van der Waals surface area contributed by atoms with Crippen molar-refractivity contribution in [3.8, 4) is 5.75 Å². The number of hydrogen-bond donors (Lipinski definition) is 3. The second-order valence-corrected chi connectivity index (χ2v) is 4.64. The van der Waals surface area contributed by atoms with E-state index in [-0.39, 0.29) is 23.6 Å². The molecule has 4 N–H and O–H groups in total. The summed E-state index contributed by atoms with van der Waals surface area (Å²) in [4.78, 5) is 20.7. The van der Waals surface area contributed by atoms with Gasteiger partial charge in [0, 0.05) is 18.5 Å². The van der Waals surface area contributed by atoms with Crippen molar-refractivity contribution < 1.29 is 14.6 Å². The first-order valence-corrected chi connectivity index (χ1v) is 6.68. The predicted octanol–water partition coefficient (Wildman–Crippen LogP) is 0.460. The van der Waals surface area contributed by atoms with Crippen LogP contribution in [0.25, 0.3) is 5.65 Å². The van der Waals surface area contributed by atoms with E-state index in [2.05, 4.69) is 20.4 Å². The Balaban J connectivity index is 2.02. The van der Waals surface area contributed by atoms with Crippen molar-refractivity contribution in [2.45, 2.75) is 6.61 Å². The van der Waals surface area contributed by atoms with Gasteiger partial charge in [0.2, 0.25) is 0 Å². The molecule has 0 aromatic carbocycles. The number of fused-ring (bicyclic) bond motifs is 1. The van der Waals surface area contributed by atoms with E-state index in [0.717, 1.165) is 0 Å². The monoisotopic (exact) mass is 314 g/mol. The molecule has 0 aliphatic carbocycles. The zero-order chi connectivity index (χ0) is 16.4. The highest BCUT2D eigenvalue weighted by Gasteiger charge is 2.20. The van der Waals surface area contributed by atoms with Gasteiger partial charge in [-0.05, 0) is 6.07 Å². The molecular weight excluding hydrogens is 300 g/mol. The zero-order valence-electron chi connectivity index (χ0n) is 12.2. The lowest BCUT2D eigenvalue weighted by Crippen LogP contribution is -2.15. The Hall–Kier alpha value is -3.20. The van der Waals surface area contributed by atoms with Gasteiger partial charge in [-0.1, -0.05) is 0 Å². The molecule has 3 heterocycles. The molecule has 118 valence electrons. The molecular formula is C14H14N6O3. The number of methoxy groups -OCH3 is 1. The minimum absolute atomic E-state index is 0.0351. The minimum Gasteiger partial charge on any atom is -0.494 e. The molecule has 0 saturated heterocycles. The van der Waals surface area contributed by atoms with Crippen molar-refractivity contribution >= 4 is 23.1 Å². The largest absolute Gasteiger partial charge is 0.494 e. The topological polar surface area (TPSA) is 128 Å². The fourth-order valence-corrected chi connectivity index (χ4v) is 2.13. The lowest BCUT2D eigenvalue weighted by atomic mass is 10.2. The van der Waals surface area contributed by atoms with E-state index in [1.54, 1.807) is 24.5 Å². The molecule has 0 aliphatic heterocycles. The van der Waals surface area contributed by atoms with Crippen LogP contribution in [0, 0.1) is 0 Å². The number of pyridine rings is 1.